The van der Waals surface area contributed by atoms with Crippen molar-refractivity contribution in [3.8, 4) is 10.4 Å². The van der Waals surface area contributed by atoms with Gasteiger partial charge in [-0.15, -0.1) is 11.3 Å². The third-order valence-electron chi connectivity index (χ3n) is 3.12. The summed E-state index contributed by atoms with van der Waals surface area (Å²) >= 11 is 1.73. The van der Waals surface area contributed by atoms with E-state index in [4.69, 9.17) is 4.42 Å². The van der Waals surface area contributed by atoms with Crippen LogP contribution in [0.25, 0.3) is 10.4 Å². The molecule has 2 heterocycles. The Hall–Kier alpha value is -1.91. The monoisotopic (exact) mass is 284 g/mol. The summed E-state index contributed by atoms with van der Waals surface area (Å²) in [6.07, 6.45) is 3.65. The lowest BCUT2D eigenvalue weighted by molar-refractivity contribution is 0.483. The number of furan rings is 1. The molecule has 0 saturated carbocycles. The van der Waals surface area contributed by atoms with Gasteiger partial charge in [-0.1, -0.05) is 24.3 Å². The first-order chi connectivity index (χ1) is 9.83. The first kappa shape index (κ1) is 13.1. The molecule has 4 heteroatoms. The number of rotatable bonds is 5. The van der Waals surface area contributed by atoms with Crippen LogP contribution in [0, 0.1) is 6.92 Å². The van der Waals surface area contributed by atoms with E-state index in [0.717, 1.165) is 23.9 Å². The molecular formula is C16H16N2OS. The molecule has 0 aliphatic heterocycles. The van der Waals surface area contributed by atoms with E-state index >= 15 is 0 Å². The fourth-order valence-electron chi connectivity index (χ4n) is 2.07. The van der Waals surface area contributed by atoms with Crippen molar-refractivity contribution in [2.45, 2.75) is 20.0 Å². The lowest BCUT2D eigenvalue weighted by Gasteiger charge is -2.01. The first-order valence-electron chi connectivity index (χ1n) is 6.57. The van der Waals surface area contributed by atoms with E-state index in [1.807, 2.05) is 18.3 Å². The zero-order valence-electron chi connectivity index (χ0n) is 11.3. The number of hydrogen-bond donors (Lipinski definition) is 1. The van der Waals surface area contributed by atoms with Gasteiger partial charge in [-0.2, -0.15) is 0 Å². The molecule has 0 saturated heterocycles. The molecule has 0 atom stereocenters. The third-order valence-corrected chi connectivity index (χ3v) is 4.15. The highest BCUT2D eigenvalue weighted by Crippen LogP contribution is 2.28. The summed E-state index contributed by atoms with van der Waals surface area (Å²) < 4.78 is 5.28. The highest BCUT2D eigenvalue weighted by Gasteiger charge is 2.06. The van der Waals surface area contributed by atoms with E-state index in [1.165, 1.54) is 16.0 Å². The molecular weight excluding hydrogens is 268 g/mol. The number of aromatic nitrogens is 1. The quantitative estimate of drug-likeness (QED) is 0.769. The van der Waals surface area contributed by atoms with Gasteiger partial charge < -0.3 is 9.73 Å². The average Bonchev–Trinajstić information content (AvgIpc) is 3.11. The summed E-state index contributed by atoms with van der Waals surface area (Å²) in [7, 11) is 0. The largest absolute Gasteiger partial charge is 0.468 e. The van der Waals surface area contributed by atoms with Crippen LogP contribution < -0.4 is 5.32 Å². The van der Waals surface area contributed by atoms with E-state index in [1.54, 1.807) is 17.6 Å². The van der Waals surface area contributed by atoms with Gasteiger partial charge in [-0.05, 0) is 30.2 Å². The Balaban J connectivity index is 1.64. The van der Waals surface area contributed by atoms with Gasteiger partial charge in [0.25, 0.3) is 0 Å². The molecule has 0 aliphatic rings. The number of thiazole rings is 1. The number of aryl methyl sites for hydroxylation is 1. The Labute approximate surface area is 122 Å². The maximum absolute atomic E-state index is 5.28. The topological polar surface area (TPSA) is 38.1 Å². The van der Waals surface area contributed by atoms with Crippen LogP contribution >= 0.6 is 11.3 Å². The van der Waals surface area contributed by atoms with E-state index in [0.29, 0.717) is 0 Å². The van der Waals surface area contributed by atoms with Crippen molar-refractivity contribution in [1.29, 1.82) is 0 Å². The van der Waals surface area contributed by atoms with E-state index in [-0.39, 0.29) is 0 Å². The summed E-state index contributed by atoms with van der Waals surface area (Å²) in [6, 6.07) is 12.3. The number of benzene rings is 1. The minimum atomic E-state index is 0.728. The van der Waals surface area contributed by atoms with Crippen molar-refractivity contribution in [2.24, 2.45) is 0 Å². The molecule has 0 bridgehead atoms. The van der Waals surface area contributed by atoms with Gasteiger partial charge in [0, 0.05) is 12.7 Å². The Morgan fingerprint density at radius 1 is 1.15 bits per heavy atom. The van der Waals surface area contributed by atoms with E-state index in [2.05, 4.69) is 41.5 Å². The number of hydrogen-bond acceptors (Lipinski definition) is 4. The van der Waals surface area contributed by atoms with Crippen LogP contribution in [0.15, 0.2) is 53.3 Å². The maximum atomic E-state index is 5.28. The lowest BCUT2D eigenvalue weighted by Crippen LogP contribution is -2.11. The van der Waals surface area contributed by atoms with Gasteiger partial charge in [-0.3, -0.25) is 0 Å². The van der Waals surface area contributed by atoms with Crippen molar-refractivity contribution < 1.29 is 4.42 Å². The number of nitrogens with one attached hydrogen (secondary N) is 1. The predicted molar refractivity (Wildman–Crippen MR) is 81.5 cm³/mol. The summed E-state index contributed by atoms with van der Waals surface area (Å²) in [6.45, 7) is 3.62. The molecule has 1 N–H and O–H groups in total. The molecule has 20 heavy (non-hydrogen) atoms. The summed E-state index contributed by atoms with van der Waals surface area (Å²) in [4.78, 5) is 5.70. The molecule has 3 aromatic rings. The Morgan fingerprint density at radius 2 is 2.05 bits per heavy atom. The molecule has 0 radical (unpaired) electrons. The standard InChI is InChI=1S/C16H16N2OS/c1-12-5-2-3-7-14(12)15-10-18-16(20-15)11-17-9-13-6-4-8-19-13/h2-8,10,17H,9,11H2,1H3. The summed E-state index contributed by atoms with van der Waals surface area (Å²) in [5.74, 6) is 0.945. The molecule has 0 fully saturated rings. The van der Waals surface area contributed by atoms with Crippen molar-refractivity contribution in [3.05, 3.63) is 65.2 Å². The van der Waals surface area contributed by atoms with Gasteiger partial charge in [0.1, 0.15) is 10.8 Å². The van der Waals surface area contributed by atoms with Gasteiger partial charge in [0.15, 0.2) is 0 Å². The maximum Gasteiger partial charge on any atom is 0.117 e. The normalized spacial score (nSPS) is 10.8. The summed E-state index contributed by atoms with van der Waals surface area (Å²) in [5.41, 5.74) is 2.55. The smallest absolute Gasteiger partial charge is 0.117 e. The van der Waals surface area contributed by atoms with Crippen LogP contribution in [-0.4, -0.2) is 4.98 Å². The highest BCUT2D eigenvalue weighted by molar-refractivity contribution is 7.15. The van der Waals surface area contributed by atoms with Gasteiger partial charge in [-0.25, -0.2) is 4.98 Å². The number of nitrogens with zero attached hydrogens (tertiary/aromatic N) is 1. The van der Waals surface area contributed by atoms with Crippen LogP contribution in [0.1, 0.15) is 16.3 Å². The zero-order valence-corrected chi connectivity index (χ0v) is 12.1. The fourth-order valence-corrected chi connectivity index (χ4v) is 3.05. The SMILES string of the molecule is Cc1ccccc1-c1cnc(CNCc2ccco2)s1. The molecule has 0 spiro atoms. The van der Waals surface area contributed by atoms with Crippen molar-refractivity contribution >= 4 is 11.3 Å². The molecule has 1 aromatic carbocycles. The fraction of sp³-hybridized carbons (Fsp3) is 0.188. The van der Waals surface area contributed by atoms with Gasteiger partial charge >= 0.3 is 0 Å². The minimum absolute atomic E-state index is 0.728. The molecule has 0 amide bonds. The molecule has 3 nitrogen and oxygen atoms in total. The third kappa shape index (κ3) is 2.98. The molecule has 0 aliphatic carbocycles. The second-order valence-electron chi connectivity index (χ2n) is 4.62. The van der Waals surface area contributed by atoms with Crippen LogP contribution in [0.2, 0.25) is 0 Å². The van der Waals surface area contributed by atoms with Crippen LogP contribution in [0.4, 0.5) is 0 Å². The molecule has 0 unspecified atom stereocenters. The Bertz CT molecular complexity index is 673. The molecule has 3 rings (SSSR count). The van der Waals surface area contributed by atoms with Crippen molar-refractivity contribution in [3.63, 3.8) is 0 Å². The van der Waals surface area contributed by atoms with Gasteiger partial charge in [0.05, 0.1) is 17.7 Å². The van der Waals surface area contributed by atoms with Gasteiger partial charge in [0.2, 0.25) is 0 Å². The van der Waals surface area contributed by atoms with Crippen LogP contribution in [0.3, 0.4) is 0 Å². The molecule has 2 aromatic heterocycles. The Kier molecular flexibility index (Phi) is 3.95. The second kappa shape index (κ2) is 6.03. The average molecular weight is 284 g/mol. The Morgan fingerprint density at radius 3 is 2.85 bits per heavy atom. The second-order valence-corrected chi connectivity index (χ2v) is 5.73. The van der Waals surface area contributed by atoms with Crippen LogP contribution in [0.5, 0.6) is 0 Å². The van der Waals surface area contributed by atoms with E-state index < -0.39 is 0 Å². The van der Waals surface area contributed by atoms with Crippen molar-refractivity contribution in [2.75, 3.05) is 0 Å². The zero-order chi connectivity index (χ0) is 13.8. The highest BCUT2D eigenvalue weighted by atomic mass is 32.1. The lowest BCUT2D eigenvalue weighted by atomic mass is 10.1. The predicted octanol–water partition coefficient (Wildman–Crippen LogP) is 4.00. The first-order valence-corrected chi connectivity index (χ1v) is 7.38. The molecule has 102 valence electrons. The summed E-state index contributed by atoms with van der Waals surface area (Å²) in [5, 5.41) is 4.43. The van der Waals surface area contributed by atoms with E-state index in [9.17, 15) is 0 Å². The minimum Gasteiger partial charge on any atom is -0.468 e. The van der Waals surface area contributed by atoms with Crippen molar-refractivity contribution in [1.82, 2.24) is 10.3 Å². The van der Waals surface area contributed by atoms with Crippen LogP contribution in [-0.2, 0) is 13.1 Å².